The number of hydrogen-bond acceptors (Lipinski definition) is 2. The van der Waals surface area contributed by atoms with Gasteiger partial charge in [0.25, 0.3) is 0 Å². The van der Waals surface area contributed by atoms with Crippen LogP contribution in [0.1, 0.15) is 11.1 Å². The van der Waals surface area contributed by atoms with E-state index in [-0.39, 0.29) is 0 Å². The summed E-state index contributed by atoms with van der Waals surface area (Å²) in [5.41, 5.74) is 6.06. The minimum Gasteiger partial charge on any atom is -0.324 e. The first-order valence-corrected chi connectivity index (χ1v) is 3.28. The van der Waals surface area contributed by atoms with Gasteiger partial charge in [-0.25, -0.2) is 0 Å². The maximum atomic E-state index is 5.30. The van der Waals surface area contributed by atoms with Crippen LogP contribution in [0, 0.1) is 13.8 Å². The molecule has 0 heterocycles. The van der Waals surface area contributed by atoms with Crippen LogP contribution in [0.3, 0.4) is 0 Å². The molecule has 0 aliphatic heterocycles. The van der Waals surface area contributed by atoms with Gasteiger partial charge in [0.05, 0.1) is 5.69 Å². The van der Waals surface area contributed by atoms with Crippen molar-refractivity contribution in [3.63, 3.8) is 0 Å². The van der Waals surface area contributed by atoms with Gasteiger partial charge in [0.15, 0.2) is 0 Å². The number of hydrogen-bond donors (Lipinski definition) is 2. The van der Waals surface area contributed by atoms with Crippen molar-refractivity contribution in [2.45, 2.75) is 13.8 Å². The van der Waals surface area contributed by atoms with Crippen LogP contribution >= 0.6 is 0 Å². The fourth-order valence-electron chi connectivity index (χ4n) is 1.04. The highest BCUT2D eigenvalue weighted by atomic mass is 15.2. The van der Waals surface area contributed by atoms with Gasteiger partial charge in [-0.1, -0.05) is 18.2 Å². The van der Waals surface area contributed by atoms with Crippen LogP contribution in [-0.4, -0.2) is 0 Å². The first-order valence-electron chi connectivity index (χ1n) is 3.28. The second kappa shape index (κ2) is 2.71. The number of nitrogen functional groups attached to an aromatic ring is 1. The third-order valence-corrected chi connectivity index (χ3v) is 1.63. The molecule has 0 atom stereocenters. The van der Waals surface area contributed by atoms with Gasteiger partial charge in [-0.15, -0.1) is 0 Å². The zero-order valence-corrected chi connectivity index (χ0v) is 6.31. The van der Waals surface area contributed by atoms with Gasteiger partial charge in [-0.05, 0) is 25.0 Å². The van der Waals surface area contributed by atoms with Gasteiger partial charge >= 0.3 is 0 Å². The van der Waals surface area contributed by atoms with Gasteiger partial charge in [0.2, 0.25) is 0 Å². The molecule has 2 nitrogen and oxygen atoms in total. The quantitative estimate of drug-likeness (QED) is 0.454. The lowest BCUT2D eigenvalue weighted by Crippen LogP contribution is -2.09. The third-order valence-electron chi connectivity index (χ3n) is 1.63. The van der Waals surface area contributed by atoms with E-state index >= 15 is 0 Å². The molecule has 0 saturated heterocycles. The van der Waals surface area contributed by atoms with Gasteiger partial charge in [0, 0.05) is 0 Å². The lowest BCUT2D eigenvalue weighted by Gasteiger charge is -2.06. The van der Waals surface area contributed by atoms with Crippen LogP contribution in [0.4, 0.5) is 5.69 Å². The average Bonchev–Trinajstić information content (AvgIpc) is 1.88. The summed E-state index contributed by atoms with van der Waals surface area (Å²) in [5.74, 6) is 5.30. The summed E-state index contributed by atoms with van der Waals surface area (Å²) in [7, 11) is 0. The standard InChI is InChI=1S/C8H12N2/c1-6-4-3-5-7(2)8(6)10-9/h3-5,10H,9H2,1-2H3. The Morgan fingerprint density at radius 3 is 2.00 bits per heavy atom. The van der Waals surface area contributed by atoms with Crippen LogP contribution in [-0.2, 0) is 0 Å². The number of benzene rings is 1. The van der Waals surface area contributed by atoms with E-state index in [1.165, 1.54) is 11.1 Å². The summed E-state index contributed by atoms with van der Waals surface area (Å²) >= 11 is 0. The summed E-state index contributed by atoms with van der Waals surface area (Å²) in [6.45, 7) is 4.06. The van der Waals surface area contributed by atoms with E-state index in [1.54, 1.807) is 0 Å². The van der Waals surface area contributed by atoms with Crippen LogP contribution in [0.2, 0.25) is 0 Å². The van der Waals surface area contributed by atoms with Gasteiger partial charge in [-0.3, -0.25) is 5.84 Å². The largest absolute Gasteiger partial charge is 0.324 e. The highest BCUT2D eigenvalue weighted by Crippen LogP contribution is 2.17. The van der Waals surface area contributed by atoms with E-state index in [0.29, 0.717) is 0 Å². The second-order valence-corrected chi connectivity index (χ2v) is 2.41. The Kier molecular flexibility index (Phi) is 1.92. The van der Waals surface area contributed by atoms with E-state index in [2.05, 4.69) is 5.43 Å². The highest BCUT2D eigenvalue weighted by molar-refractivity contribution is 5.55. The van der Waals surface area contributed by atoms with Crippen LogP contribution in [0.15, 0.2) is 18.2 Å². The molecule has 1 aromatic carbocycles. The number of nitrogens with one attached hydrogen (secondary N) is 1. The molecule has 0 spiro atoms. The van der Waals surface area contributed by atoms with Crippen molar-refractivity contribution in [1.82, 2.24) is 0 Å². The fraction of sp³-hybridized carbons (Fsp3) is 0.250. The van der Waals surface area contributed by atoms with Crippen molar-refractivity contribution >= 4 is 5.69 Å². The van der Waals surface area contributed by atoms with Crippen molar-refractivity contribution < 1.29 is 0 Å². The normalized spacial score (nSPS) is 9.50. The number of rotatable bonds is 1. The van der Waals surface area contributed by atoms with Crippen molar-refractivity contribution in [2.75, 3.05) is 5.43 Å². The number of nitrogens with two attached hydrogens (primary N) is 1. The minimum atomic E-state index is 1.03. The predicted octanol–water partition coefficient (Wildman–Crippen LogP) is 1.59. The van der Waals surface area contributed by atoms with E-state index in [4.69, 9.17) is 5.84 Å². The van der Waals surface area contributed by atoms with Gasteiger partial charge in [-0.2, -0.15) is 0 Å². The van der Waals surface area contributed by atoms with Crippen LogP contribution < -0.4 is 11.3 Å². The van der Waals surface area contributed by atoms with Crippen molar-refractivity contribution in [3.05, 3.63) is 29.3 Å². The Morgan fingerprint density at radius 2 is 1.70 bits per heavy atom. The van der Waals surface area contributed by atoms with E-state index in [9.17, 15) is 0 Å². The summed E-state index contributed by atoms with van der Waals surface area (Å²) in [4.78, 5) is 0. The molecule has 0 aliphatic rings. The molecule has 1 rings (SSSR count). The molecule has 0 unspecified atom stereocenters. The SMILES string of the molecule is Cc1cccc(C)c1NN. The third kappa shape index (κ3) is 1.11. The predicted molar refractivity (Wildman–Crippen MR) is 43.7 cm³/mol. The molecule has 0 amide bonds. The van der Waals surface area contributed by atoms with Gasteiger partial charge in [0.1, 0.15) is 0 Å². The van der Waals surface area contributed by atoms with E-state index in [0.717, 1.165) is 5.69 Å². The molecule has 1 aromatic rings. The maximum Gasteiger partial charge on any atom is 0.0543 e. The average molecular weight is 136 g/mol. The number of para-hydroxylation sites is 1. The molecule has 0 bridgehead atoms. The lowest BCUT2D eigenvalue weighted by molar-refractivity contribution is 1.27. The number of aryl methyl sites for hydroxylation is 2. The summed E-state index contributed by atoms with van der Waals surface area (Å²) in [6, 6.07) is 6.08. The second-order valence-electron chi connectivity index (χ2n) is 2.41. The Morgan fingerprint density at radius 1 is 1.20 bits per heavy atom. The topological polar surface area (TPSA) is 38.0 Å². The highest BCUT2D eigenvalue weighted by Gasteiger charge is 1.96. The molecule has 3 N–H and O–H groups in total. The van der Waals surface area contributed by atoms with Crippen molar-refractivity contribution in [2.24, 2.45) is 5.84 Å². The molecule has 54 valence electrons. The van der Waals surface area contributed by atoms with Crippen LogP contribution in [0.25, 0.3) is 0 Å². The number of anilines is 1. The fourth-order valence-corrected chi connectivity index (χ4v) is 1.04. The molecule has 0 fully saturated rings. The minimum absolute atomic E-state index is 1.03. The van der Waals surface area contributed by atoms with Crippen LogP contribution in [0.5, 0.6) is 0 Å². The molecular weight excluding hydrogens is 124 g/mol. The Bertz CT molecular complexity index is 210. The Labute approximate surface area is 61.0 Å². The maximum absolute atomic E-state index is 5.30. The van der Waals surface area contributed by atoms with E-state index in [1.807, 2.05) is 32.0 Å². The Balaban J connectivity index is 3.17. The first-order chi connectivity index (χ1) is 4.75. The van der Waals surface area contributed by atoms with Crippen molar-refractivity contribution in [1.29, 1.82) is 0 Å². The zero-order chi connectivity index (χ0) is 7.56. The molecule has 0 aliphatic carbocycles. The monoisotopic (exact) mass is 136 g/mol. The smallest absolute Gasteiger partial charge is 0.0543 e. The molecular formula is C8H12N2. The molecule has 0 aromatic heterocycles. The van der Waals surface area contributed by atoms with E-state index < -0.39 is 0 Å². The summed E-state index contributed by atoms with van der Waals surface area (Å²) < 4.78 is 0. The molecule has 10 heavy (non-hydrogen) atoms. The molecule has 0 radical (unpaired) electrons. The molecule has 2 heteroatoms. The number of hydrazine groups is 1. The zero-order valence-electron chi connectivity index (χ0n) is 6.31. The summed E-state index contributed by atoms with van der Waals surface area (Å²) in [5, 5.41) is 0. The van der Waals surface area contributed by atoms with Gasteiger partial charge < -0.3 is 5.43 Å². The Hall–Kier alpha value is -1.02. The first kappa shape index (κ1) is 7.09. The summed E-state index contributed by atoms with van der Waals surface area (Å²) in [6.07, 6.45) is 0. The lowest BCUT2D eigenvalue weighted by atomic mass is 10.1. The van der Waals surface area contributed by atoms with Crippen molar-refractivity contribution in [3.8, 4) is 0 Å². The molecule has 0 saturated carbocycles.